The van der Waals surface area contributed by atoms with Crippen LogP contribution in [0.4, 0.5) is 0 Å². The van der Waals surface area contributed by atoms with Crippen LogP contribution in [-0.4, -0.2) is 5.91 Å². The molecule has 1 atom stereocenters. The van der Waals surface area contributed by atoms with Crippen molar-refractivity contribution in [2.75, 3.05) is 0 Å². The molecule has 0 aliphatic heterocycles. The fourth-order valence-electron chi connectivity index (χ4n) is 2.46. The second-order valence-electron chi connectivity index (χ2n) is 5.71. The van der Waals surface area contributed by atoms with Gasteiger partial charge in [0.05, 0.1) is 0 Å². The summed E-state index contributed by atoms with van der Waals surface area (Å²) in [7, 11) is 0. The van der Waals surface area contributed by atoms with Gasteiger partial charge in [-0.15, -0.1) is 0 Å². The van der Waals surface area contributed by atoms with Crippen LogP contribution in [0.15, 0.2) is 67.4 Å². The first-order valence-electron chi connectivity index (χ1n) is 7.93. The molecule has 2 rings (SSSR count). The minimum Gasteiger partial charge on any atom is -0.387 e. The predicted octanol–water partition coefficient (Wildman–Crippen LogP) is 3.41. The molecule has 0 bridgehead atoms. The zero-order chi connectivity index (χ0) is 16.5. The Kier molecular flexibility index (Phi) is 6.42. The van der Waals surface area contributed by atoms with Crippen LogP contribution in [0.1, 0.15) is 23.6 Å². The maximum atomic E-state index is 12.2. The van der Waals surface area contributed by atoms with Gasteiger partial charge >= 0.3 is 0 Å². The lowest BCUT2D eigenvalue weighted by atomic mass is 10.0. The van der Waals surface area contributed by atoms with Gasteiger partial charge in [0, 0.05) is 19.0 Å². The second kappa shape index (κ2) is 8.79. The minimum atomic E-state index is -0.0389. The fraction of sp³-hybridized carbons (Fsp3) is 0.250. The number of hydrogen-bond donors (Lipinski definition) is 2. The van der Waals surface area contributed by atoms with Crippen molar-refractivity contribution in [1.82, 2.24) is 10.6 Å². The summed E-state index contributed by atoms with van der Waals surface area (Å²) >= 11 is 0. The van der Waals surface area contributed by atoms with Gasteiger partial charge in [-0.1, -0.05) is 68.1 Å². The molecule has 0 fully saturated rings. The van der Waals surface area contributed by atoms with Crippen LogP contribution < -0.4 is 10.6 Å². The van der Waals surface area contributed by atoms with E-state index in [1.165, 1.54) is 11.1 Å². The lowest BCUT2D eigenvalue weighted by Crippen LogP contribution is -2.29. The van der Waals surface area contributed by atoms with E-state index in [1.807, 2.05) is 37.3 Å². The lowest BCUT2D eigenvalue weighted by molar-refractivity contribution is -0.124. The van der Waals surface area contributed by atoms with E-state index >= 15 is 0 Å². The Morgan fingerprint density at radius 2 is 1.70 bits per heavy atom. The standard InChI is InChI=1S/C20H24N2O/c1-3-21-14-18-10-7-11-19(13-18)15-22-20(23)16(2)12-17-8-5-4-6-9-17/h3-11,13,16,21H,1,12,14-15H2,2H3,(H,22,23). The molecule has 2 aromatic carbocycles. The largest absolute Gasteiger partial charge is 0.387 e. The average Bonchev–Trinajstić information content (AvgIpc) is 2.59. The Bertz CT molecular complexity index is 637. The quantitative estimate of drug-likeness (QED) is 0.784. The SMILES string of the molecule is C=CNCc1cccc(CNC(=O)C(C)Cc2ccccc2)c1. The topological polar surface area (TPSA) is 41.1 Å². The van der Waals surface area contributed by atoms with Gasteiger partial charge in [0.15, 0.2) is 0 Å². The summed E-state index contributed by atoms with van der Waals surface area (Å²) < 4.78 is 0. The van der Waals surface area contributed by atoms with Crippen molar-refractivity contribution in [3.63, 3.8) is 0 Å². The molecule has 2 aromatic rings. The van der Waals surface area contributed by atoms with Gasteiger partial charge in [-0.05, 0) is 29.3 Å². The van der Waals surface area contributed by atoms with Gasteiger partial charge in [0.1, 0.15) is 0 Å². The molecule has 0 aromatic heterocycles. The van der Waals surface area contributed by atoms with Crippen LogP contribution in [0.3, 0.4) is 0 Å². The van der Waals surface area contributed by atoms with Crippen molar-refractivity contribution in [2.24, 2.45) is 5.92 Å². The number of carbonyl (C=O) groups excluding carboxylic acids is 1. The monoisotopic (exact) mass is 308 g/mol. The molecular weight excluding hydrogens is 284 g/mol. The molecule has 2 N–H and O–H groups in total. The summed E-state index contributed by atoms with van der Waals surface area (Å²) in [6, 6.07) is 18.3. The van der Waals surface area contributed by atoms with E-state index in [9.17, 15) is 4.79 Å². The zero-order valence-corrected chi connectivity index (χ0v) is 13.6. The Morgan fingerprint density at radius 1 is 1.04 bits per heavy atom. The molecule has 0 saturated carbocycles. The molecule has 3 heteroatoms. The first-order valence-corrected chi connectivity index (χ1v) is 7.93. The highest BCUT2D eigenvalue weighted by molar-refractivity contribution is 5.78. The third-order valence-electron chi connectivity index (χ3n) is 3.74. The summed E-state index contributed by atoms with van der Waals surface area (Å²) in [5.41, 5.74) is 3.47. The zero-order valence-electron chi connectivity index (χ0n) is 13.6. The van der Waals surface area contributed by atoms with Gasteiger partial charge in [-0.2, -0.15) is 0 Å². The number of carbonyl (C=O) groups is 1. The van der Waals surface area contributed by atoms with Gasteiger partial charge in [0.2, 0.25) is 5.91 Å². The van der Waals surface area contributed by atoms with Gasteiger partial charge < -0.3 is 10.6 Å². The predicted molar refractivity (Wildman–Crippen MR) is 94.6 cm³/mol. The van der Waals surface area contributed by atoms with Crippen molar-refractivity contribution in [2.45, 2.75) is 26.4 Å². The molecule has 0 spiro atoms. The molecule has 0 aliphatic rings. The smallest absolute Gasteiger partial charge is 0.223 e. The van der Waals surface area contributed by atoms with Gasteiger partial charge in [-0.3, -0.25) is 4.79 Å². The minimum absolute atomic E-state index is 0.0389. The first kappa shape index (κ1) is 16.8. The second-order valence-corrected chi connectivity index (χ2v) is 5.71. The molecule has 0 heterocycles. The lowest BCUT2D eigenvalue weighted by Gasteiger charge is -2.13. The molecule has 1 amide bonds. The van der Waals surface area contributed by atoms with Crippen LogP contribution >= 0.6 is 0 Å². The van der Waals surface area contributed by atoms with Gasteiger partial charge in [-0.25, -0.2) is 0 Å². The molecule has 120 valence electrons. The van der Waals surface area contributed by atoms with Gasteiger partial charge in [0.25, 0.3) is 0 Å². The Balaban J connectivity index is 1.85. The Morgan fingerprint density at radius 3 is 2.39 bits per heavy atom. The first-order chi connectivity index (χ1) is 11.2. The van der Waals surface area contributed by atoms with Crippen LogP contribution in [-0.2, 0) is 24.3 Å². The molecular formula is C20H24N2O. The van der Waals surface area contributed by atoms with Crippen LogP contribution in [0.5, 0.6) is 0 Å². The van der Waals surface area contributed by atoms with E-state index in [-0.39, 0.29) is 11.8 Å². The molecule has 0 radical (unpaired) electrons. The van der Waals surface area contributed by atoms with Crippen molar-refractivity contribution < 1.29 is 4.79 Å². The summed E-state index contributed by atoms with van der Waals surface area (Å²) in [5, 5.41) is 6.10. The summed E-state index contributed by atoms with van der Waals surface area (Å²) in [4.78, 5) is 12.2. The number of amides is 1. The summed E-state index contributed by atoms with van der Waals surface area (Å²) in [6.45, 7) is 6.91. The number of rotatable bonds is 8. The molecule has 3 nitrogen and oxygen atoms in total. The number of benzene rings is 2. The van der Waals surface area contributed by atoms with Crippen LogP contribution in [0.2, 0.25) is 0 Å². The van der Waals surface area contributed by atoms with E-state index in [2.05, 4.69) is 41.5 Å². The maximum absolute atomic E-state index is 12.2. The van der Waals surface area contributed by atoms with Crippen molar-refractivity contribution >= 4 is 5.91 Å². The maximum Gasteiger partial charge on any atom is 0.223 e. The number of nitrogens with one attached hydrogen (secondary N) is 2. The van der Waals surface area contributed by atoms with Crippen LogP contribution in [0, 0.1) is 5.92 Å². The molecule has 0 aliphatic carbocycles. The van der Waals surface area contributed by atoms with E-state index in [4.69, 9.17) is 0 Å². The molecule has 0 saturated heterocycles. The highest BCUT2D eigenvalue weighted by Crippen LogP contribution is 2.09. The molecule has 23 heavy (non-hydrogen) atoms. The third kappa shape index (κ3) is 5.62. The van der Waals surface area contributed by atoms with E-state index < -0.39 is 0 Å². The number of hydrogen-bond acceptors (Lipinski definition) is 2. The Labute approximate surface area is 138 Å². The van der Waals surface area contributed by atoms with E-state index in [1.54, 1.807) is 6.20 Å². The third-order valence-corrected chi connectivity index (χ3v) is 3.74. The van der Waals surface area contributed by atoms with Crippen molar-refractivity contribution in [3.8, 4) is 0 Å². The van der Waals surface area contributed by atoms with E-state index in [0.717, 1.165) is 18.5 Å². The summed E-state index contributed by atoms with van der Waals surface area (Å²) in [5.74, 6) is 0.0477. The average molecular weight is 308 g/mol. The highest BCUT2D eigenvalue weighted by Gasteiger charge is 2.13. The molecule has 1 unspecified atom stereocenters. The normalized spacial score (nSPS) is 11.5. The van der Waals surface area contributed by atoms with Crippen LogP contribution in [0.25, 0.3) is 0 Å². The van der Waals surface area contributed by atoms with Crippen molar-refractivity contribution in [3.05, 3.63) is 84.1 Å². The summed E-state index contributed by atoms with van der Waals surface area (Å²) in [6.07, 6.45) is 2.44. The Hall–Kier alpha value is -2.55. The highest BCUT2D eigenvalue weighted by atomic mass is 16.1. The fourth-order valence-corrected chi connectivity index (χ4v) is 2.46. The van der Waals surface area contributed by atoms with E-state index in [0.29, 0.717) is 6.54 Å². The van der Waals surface area contributed by atoms with Crippen molar-refractivity contribution in [1.29, 1.82) is 0 Å².